The van der Waals surface area contributed by atoms with E-state index >= 15 is 0 Å². The fraction of sp³-hybridized carbons (Fsp3) is 0.545. The van der Waals surface area contributed by atoms with Crippen LogP contribution in [0.2, 0.25) is 0 Å². The Hall–Kier alpha value is 0.130. The Bertz CT molecular complexity index is 340. The van der Waals surface area contributed by atoms with Crippen LogP contribution in [0.3, 0.4) is 0 Å². The zero-order chi connectivity index (χ0) is 12.0. The van der Waals surface area contributed by atoms with E-state index in [-0.39, 0.29) is 5.91 Å². The van der Waals surface area contributed by atoms with Crippen molar-refractivity contribution in [2.75, 3.05) is 11.9 Å². The summed E-state index contributed by atoms with van der Waals surface area (Å²) in [6.07, 6.45) is 2.17. The van der Waals surface area contributed by atoms with Crippen molar-refractivity contribution in [3.63, 3.8) is 0 Å². The SMILES string of the molecule is CC(CBr)CCCNC(=O)c1csc(Br)c1. The number of rotatable bonds is 6. The summed E-state index contributed by atoms with van der Waals surface area (Å²) in [5.74, 6) is 0.695. The summed E-state index contributed by atoms with van der Waals surface area (Å²) < 4.78 is 0.991. The van der Waals surface area contributed by atoms with Gasteiger partial charge in [-0.05, 0) is 40.8 Å². The lowest BCUT2D eigenvalue weighted by Gasteiger charge is -2.07. The average molecular weight is 369 g/mol. The minimum atomic E-state index is 0.0217. The zero-order valence-corrected chi connectivity index (χ0v) is 13.1. The van der Waals surface area contributed by atoms with Gasteiger partial charge in [0.2, 0.25) is 0 Å². The highest BCUT2D eigenvalue weighted by atomic mass is 79.9. The van der Waals surface area contributed by atoms with E-state index in [4.69, 9.17) is 0 Å². The largest absolute Gasteiger partial charge is 0.352 e. The molecule has 5 heteroatoms. The lowest BCUT2D eigenvalue weighted by atomic mass is 10.1. The maximum Gasteiger partial charge on any atom is 0.252 e. The molecule has 0 spiro atoms. The molecule has 2 nitrogen and oxygen atoms in total. The van der Waals surface area contributed by atoms with Gasteiger partial charge in [0, 0.05) is 17.3 Å². The molecular formula is C11H15Br2NOS. The van der Waals surface area contributed by atoms with Gasteiger partial charge in [0.1, 0.15) is 0 Å². The third-order valence-electron chi connectivity index (χ3n) is 2.25. The summed E-state index contributed by atoms with van der Waals surface area (Å²) in [5, 5.41) is 5.81. The molecule has 0 saturated carbocycles. The second-order valence-corrected chi connectivity index (χ2v) is 6.74. The van der Waals surface area contributed by atoms with Crippen LogP contribution in [0.5, 0.6) is 0 Å². The van der Waals surface area contributed by atoms with Gasteiger partial charge in [0.05, 0.1) is 9.35 Å². The molecule has 1 aromatic heterocycles. The lowest BCUT2D eigenvalue weighted by molar-refractivity contribution is 0.0953. The second kappa shape index (κ2) is 7.45. The third kappa shape index (κ3) is 4.97. The van der Waals surface area contributed by atoms with Crippen LogP contribution in [-0.2, 0) is 0 Å². The number of alkyl halides is 1. The first-order valence-electron chi connectivity index (χ1n) is 5.21. The maximum absolute atomic E-state index is 11.6. The molecule has 16 heavy (non-hydrogen) atoms. The van der Waals surface area contributed by atoms with E-state index < -0.39 is 0 Å². The molecule has 1 amide bonds. The molecule has 0 saturated heterocycles. The van der Waals surface area contributed by atoms with E-state index in [1.807, 2.05) is 11.4 Å². The number of halogens is 2. The Morgan fingerprint density at radius 3 is 2.94 bits per heavy atom. The number of nitrogens with one attached hydrogen (secondary N) is 1. The molecule has 0 bridgehead atoms. The maximum atomic E-state index is 11.6. The van der Waals surface area contributed by atoms with Gasteiger partial charge in [-0.1, -0.05) is 22.9 Å². The Labute approximate surface area is 117 Å². The Balaban J connectivity index is 2.21. The molecule has 0 aliphatic carbocycles. The van der Waals surface area contributed by atoms with E-state index in [0.717, 1.165) is 34.1 Å². The monoisotopic (exact) mass is 367 g/mol. The summed E-state index contributed by atoms with van der Waals surface area (Å²) in [5.41, 5.74) is 0.741. The van der Waals surface area contributed by atoms with Crippen molar-refractivity contribution in [2.45, 2.75) is 19.8 Å². The molecule has 1 heterocycles. The molecule has 0 radical (unpaired) electrons. The summed E-state index contributed by atoms with van der Waals surface area (Å²) in [6.45, 7) is 2.95. The highest BCUT2D eigenvalue weighted by Crippen LogP contribution is 2.20. The van der Waals surface area contributed by atoms with E-state index in [9.17, 15) is 4.79 Å². The molecule has 1 aromatic rings. The minimum Gasteiger partial charge on any atom is -0.352 e. The molecule has 1 atom stereocenters. The molecule has 0 aliphatic heterocycles. The van der Waals surface area contributed by atoms with Gasteiger partial charge in [-0.15, -0.1) is 11.3 Å². The molecule has 0 aromatic carbocycles. The predicted molar refractivity (Wildman–Crippen MR) is 76.5 cm³/mol. The first kappa shape index (κ1) is 14.2. The van der Waals surface area contributed by atoms with Crippen LogP contribution in [0.4, 0.5) is 0 Å². The fourth-order valence-corrected chi connectivity index (χ4v) is 2.72. The van der Waals surface area contributed by atoms with Crippen molar-refractivity contribution < 1.29 is 4.79 Å². The van der Waals surface area contributed by atoms with E-state index in [1.165, 1.54) is 11.3 Å². The molecule has 1 rings (SSSR count). The van der Waals surface area contributed by atoms with Crippen LogP contribution in [0.15, 0.2) is 15.2 Å². The highest BCUT2D eigenvalue weighted by Gasteiger charge is 2.07. The molecule has 1 unspecified atom stereocenters. The van der Waals surface area contributed by atoms with E-state index in [0.29, 0.717) is 5.92 Å². The van der Waals surface area contributed by atoms with Crippen molar-refractivity contribution >= 4 is 49.1 Å². The van der Waals surface area contributed by atoms with Gasteiger partial charge < -0.3 is 5.32 Å². The molecule has 90 valence electrons. The standard InChI is InChI=1S/C11H15Br2NOS/c1-8(6-12)3-2-4-14-11(15)9-5-10(13)16-7-9/h5,7-8H,2-4,6H2,1H3,(H,14,15). The molecule has 0 aliphatic rings. The quantitative estimate of drug-likeness (QED) is 0.595. The van der Waals surface area contributed by atoms with Crippen molar-refractivity contribution in [3.8, 4) is 0 Å². The Morgan fingerprint density at radius 1 is 1.62 bits per heavy atom. The Kier molecular flexibility index (Phi) is 6.61. The molecular weight excluding hydrogens is 354 g/mol. The van der Waals surface area contributed by atoms with Gasteiger partial charge >= 0.3 is 0 Å². The van der Waals surface area contributed by atoms with Gasteiger partial charge in [0.25, 0.3) is 5.91 Å². The topological polar surface area (TPSA) is 29.1 Å². The normalized spacial score (nSPS) is 12.4. The molecule has 1 N–H and O–H groups in total. The van der Waals surface area contributed by atoms with E-state index in [2.05, 4.69) is 44.1 Å². The Morgan fingerprint density at radius 2 is 2.38 bits per heavy atom. The van der Waals surface area contributed by atoms with Crippen molar-refractivity contribution in [3.05, 3.63) is 20.8 Å². The number of thiophene rings is 1. The van der Waals surface area contributed by atoms with Crippen LogP contribution in [0, 0.1) is 5.92 Å². The first-order chi connectivity index (χ1) is 7.63. The van der Waals surface area contributed by atoms with Gasteiger partial charge in [-0.25, -0.2) is 0 Å². The number of hydrogen-bond acceptors (Lipinski definition) is 2. The summed E-state index contributed by atoms with van der Waals surface area (Å²) in [6, 6.07) is 1.85. The van der Waals surface area contributed by atoms with Crippen LogP contribution in [0.25, 0.3) is 0 Å². The van der Waals surface area contributed by atoms with Crippen molar-refractivity contribution in [1.82, 2.24) is 5.32 Å². The summed E-state index contributed by atoms with van der Waals surface area (Å²) in [7, 11) is 0. The van der Waals surface area contributed by atoms with Crippen LogP contribution in [-0.4, -0.2) is 17.8 Å². The fourth-order valence-electron chi connectivity index (χ4n) is 1.26. The van der Waals surface area contributed by atoms with Crippen LogP contribution in [0.1, 0.15) is 30.1 Å². The number of hydrogen-bond donors (Lipinski definition) is 1. The van der Waals surface area contributed by atoms with E-state index in [1.54, 1.807) is 0 Å². The van der Waals surface area contributed by atoms with Crippen molar-refractivity contribution in [2.24, 2.45) is 5.92 Å². The number of carbonyl (C=O) groups excluding carboxylic acids is 1. The van der Waals surface area contributed by atoms with Gasteiger partial charge in [-0.2, -0.15) is 0 Å². The third-order valence-corrected chi connectivity index (χ3v) is 4.86. The summed E-state index contributed by atoms with van der Waals surface area (Å²) >= 11 is 8.32. The zero-order valence-electron chi connectivity index (χ0n) is 9.13. The molecule has 0 fully saturated rings. The van der Waals surface area contributed by atoms with Crippen LogP contribution < -0.4 is 5.32 Å². The van der Waals surface area contributed by atoms with Crippen molar-refractivity contribution in [1.29, 1.82) is 0 Å². The second-order valence-electron chi connectivity index (χ2n) is 3.80. The average Bonchev–Trinajstić information content (AvgIpc) is 2.70. The van der Waals surface area contributed by atoms with Gasteiger partial charge in [-0.3, -0.25) is 4.79 Å². The van der Waals surface area contributed by atoms with Gasteiger partial charge in [0.15, 0.2) is 0 Å². The predicted octanol–water partition coefficient (Wildman–Crippen LogP) is 4.05. The lowest BCUT2D eigenvalue weighted by Crippen LogP contribution is -2.24. The first-order valence-corrected chi connectivity index (χ1v) is 8.01. The highest BCUT2D eigenvalue weighted by molar-refractivity contribution is 9.11. The smallest absolute Gasteiger partial charge is 0.252 e. The van der Waals surface area contributed by atoms with Crippen LogP contribution >= 0.6 is 43.2 Å². The minimum absolute atomic E-state index is 0.0217. The number of carbonyl (C=O) groups is 1. The summed E-state index contributed by atoms with van der Waals surface area (Å²) in [4.78, 5) is 11.6. The number of amides is 1.